The molecular formula is C14H12N2S. The molecule has 0 aliphatic rings. The summed E-state index contributed by atoms with van der Waals surface area (Å²) in [6.07, 6.45) is 1.63. The fourth-order valence-electron chi connectivity index (χ4n) is 1.83. The first-order valence-corrected chi connectivity index (χ1v) is 6.34. The van der Waals surface area contributed by atoms with E-state index in [1.807, 2.05) is 6.92 Å². The average Bonchev–Trinajstić information content (AvgIpc) is 2.75. The van der Waals surface area contributed by atoms with Crippen LogP contribution < -0.4 is 0 Å². The predicted molar refractivity (Wildman–Crippen MR) is 72.3 cm³/mol. The fourth-order valence-corrected chi connectivity index (χ4v) is 2.89. The lowest BCUT2D eigenvalue weighted by atomic mass is 10.1. The molecule has 3 aromatic rings. The average molecular weight is 240 g/mol. The van der Waals surface area contributed by atoms with Gasteiger partial charge in [-0.25, -0.2) is 9.97 Å². The van der Waals surface area contributed by atoms with E-state index in [1.165, 1.54) is 16.0 Å². The standard InChI is InChI=1S/C14H12N2S/c1-9-3-5-11(6-4-9)13-7-12-10(2)15-8-16-14(12)17-13/h3-8H,1-2H3. The Morgan fingerprint density at radius 1 is 1.00 bits per heavy atom. The van der Waals surface area contributed by atoms with Gasteiger partial charge in [-0.3, -0.25) is 0 Å². The zero-order valence-corrected chi connectivity index (χ0v) is 10.6. The normalized spacial score (nSPS) is 10.9. The van der Waals surface area contributed by atoms with Crippen LogP contribution in [0.2, 0.25) is 0 Å². The SMILES string of the molecule is Cc1ccc(-c2cc3c(C)ncnc3s2)cc1. The van der Waals surface area contributed by atoms with Crippen molar-refractivity contribution >= 4 is 21.6 Å². The summed E-state index contributed by atoms with van der Waals surface area (Å²) in [6, 6.07) is 10.8. The molecule has 0 bridgehead atoms. The van der Waals surface area contributed by atoms with Crippen LogP contribution in [-0.2, 0) is 0 Å². The van der Waals surface area contributed by atoms with Gasteiger partial charge in [-0.1, -0.05) is 29.8 Å². The Hall–Kier alpha value is -1.74. The van der Waals surface area contributed by atoms with Gasteiger partial charge < -0.3 is 0 Å². The molecule has 0 unspecified atom stereocenters. The molecule has 0 radical (unpaired) electrons. The Morgan fingerprint density at radius 3 is 2.47 bits per heavy atom. The van der Waals surface area contributed by atoms with Crippen LogP contribution in [-0.4, -0.2) is 9.97 Å². The second kappa shape index (κ2) is 3.93. The molecular weight excluding hydrogens is 228 g/mol. The largest absolute Gasteiger partial charge is 0.241 e. The summed E-state index contributed by atoms with van der Waals surface area (Å²) in [5.74, 6) is 0. The van der Waals surface area contributed by atoms with Crippen LogP contribution in [0.3, 0.4) is 0 Å². The monoisotopic (exact) mass is 240 g/mol. The quantitative estimate of drug-likeness (QED) is 0.643. The van der Waals surface area contributed by atoms with E-state index in [1.54, 1.807) is 17.7 Å². The van der Waals surface area contributed by atoms with Crippen LogP contribution in [0.5, 0.6) is 0 Å². The molecule has 84 valence electrons. The number of nitrogens with zero attached hydrogens (tertiary/aromatic N) is 2. The lowest BCUT2D eigenvalue weighted by Gasteiger charge is -1.96. The first-order chi connectivity index (χ1) is 8.24. The summed E-state index contributed by atoms with van der Waals surface area (Å²) in [5.41, 5.74) is 3.58. The van der Waals surface area contributed by atoms with Gasteiger partial charge >= 0.3 is 0 Å². The maximum atomic E-state index is 4.31. The first kappa shape index (κ1) is 10.4. The number of aromatic nitrogens is 2. The molecule has 0 spiro atoms. The third-order valence-corrected chi connectivity index (χ3v) is 3.96. The molecule has 0 aliphatic carbocycles. The van der Waals surface area contributed by atoms with Crippen LogP contribution in [0, 0.1) is 13.8 Å². The Morgan fingerprint density at radius 2 is 1.76 bits per heavy atom. The Kier molecular flexibility index (Phi) is 2.41. The number of benzene rings is 1. The smallest absolute Gasteiger partial charge is 0.127 e. The topological polar surface area (TPSA) is 25.8 Å². The van der Waals surface area contributed by atoms with Crippen molar-refractivity contribution in [1.82, 2.24) is 9.97 Å². The van der Waals surface area contributed by atoms with Crippen molar-refractivity contribution in [3.8, 4) is 10.4 Å². The summed E-state index contributed by atoms with van der Waals surface area (Å²) in [5, 5.41) is 1.16. The van der Waals surface area contributed by atoms with Gasteiger partial charge in [-0.05, 0) is 25.5 Å². The molecule has 0 atom stereocenters. The zero-order chi connectivity index (χ0) is 11.8. The summed E-state index contributed by atoms with van der Waals surface area (Å²) in [7, 11) is 0. The van der Waals surface area contributed by atoms with Gasteiger partial charge in [-0.15, -0.1) is 11.3 Å². The summed E-state index contributed by atoms with van der Waals surface area (Å²) >= 11 is 1.72. The number of hydrogen-bond acceptors (Lipinski definition) is 3. The molecule has 2 nitrogen and oxygen atoms in total. The number of fused-ring (bicyclic) bond motifs is 1. The Bertz CT molecular complexity index is 668. The molecule has 0 aliphatic heterocycles. The van der Waals surface area contributed by atoms with Gasteiger partial charge in [0.1, 0.15) is 11.2 Å². The minimum Gasteiger partial charge on any atom is -0.241 e. The van der Waals surface area contributed by atoms with Crippen molar-refractivity contribution in [1.29, 1.82) is 0 Å². The van der Waals surface area contributed by atoms with Crippen molar-refractivity contribution in [3.05, 3.63) is 47.9 Å². The maximum absolute atomic E-state index is 4.31. The molecule has 0 saturated heterocycles. The Labute approximate surface area is 104 Å². The van der Waals surface area contributed by atoms with Crippen molar-refractivity contribution < 1.29 is 0 Å². The van der Waals surface area contributed by atoms with E-state index in [-0.39, 0.29) is 0 Å². The highest BCUT2D eigenvalue weighted by atomic mass is 32.1. The molecule has 0 N–H and O–H groups in total. The molecule has 3 heteroatoms. The fraction of sp³-hybridized carbons (Fsp3) is 0.143. The molecule has 0 saturated carbocycles. The van der Waals surface area contributed by atoms with Crippen LogP contribution in [0.25, 0.3) is 20.7 Å². The van der Waals surface area contributed by atoms with Gasteiger partial charge in [0, 0.05) is 16.0 Å². The molecule has 0 fully saturated rings. The van der Waals surface area contributed by atoms with E-state index >= 15 is 0 Å². The van der Waals surface area contributed by atoms with Crippen LogP contribution in [0.4, 0.5) is 0 Å². The summed E-state index contributed by atoms with van der Waals surface area (Å²) in [4.78, 5) is 10.9. The zero-order valence-electron chi connectivity index (χ0n) is 9.77. The van der Waals surface area contributed by atoms with Gasteiger partial charge in [-0.2, -0.15) is 0 Å². The van der Waals surface area contributed by atoms with Gasteiger partial charge in [0.2, 0.25) is 0 Å². The van der Waals surface area contributed by atoms with E-state index in [0.717, 1.165) is 15.9 Å². The predicted octanol–water partition coefficient (Wildman–Crippen LogP) is 3.98. The second-order valence-electron chi connectivity index (χ2n) is 4.15. The van der Waals surface area contributed by atoms with Crippen LogP contribution >= 0.6 is 11.3 Å². The lowest BCUT2D eigenvalue weighted by molar-refractivity contribution is 1.16. The van der Waals surface area contributed by atoms with Gasteiger partial charge in [0.25, 0.3) is 0 Å². The third kappa shape index (κ3) is 1.83. The van der Waals surface area contributed by atoms with E-state index < -0.39 is 0 Å². The highest BCUT2D eigenvalue weighted by Crippen LogP contribution is 2.33. The first-order valence-electron chi connectivity index (χ1n) is 5.52. The van der Waals surface area contributed by atoms with Crippen LogP contribution in [0.1, 0.15) is 11.3 Å². The second-order valence-corrected chi connectivity index (χ2v) is 5.19. The van der Waals surface area contributed by atoms with Crippen molar-refractivity contribution in [3.63, 3.8) is 0 Å². The highest BCUT2D eigenvalue weighted by molar-refractivity contribution is 7.21. The van der Waals surface area contributed by atoms with E-state index in [0.29, 0.717) is 0 Å². The number of hydrogen-bond donors (Lipinski definition) is 0. The summed E-state index contributed by atoms with van der Waals surface area (Å²) < 4.78 is 0. The van der Waals surface area contributed by atoms with E-state index in [9.17, 15) is 0 Å². The molecule has 2 aromatic heterocycles. The van der Waals surface area contributed by atoms with Crippen molar-refractivity contribution in [2.24, 2.45) is 0 Å². The van der Waals surface area contributed by atoms with E-state index in [2.05, 4.69) is 47.2 Å². The maximum Gasteiger partial charge on any atom is 0.127 e. The molecule has 1 aromatic carbocycles. The van der Waals surface area contributed by atoms with Gasteiger partial charge in [0.15, 0.2) is 0 Å². The molecule has 3 rings (SSSR count). The van der Waals surface area contributed by atoms with Crippen molar-refractivity contribution in [2.75, 3.05) is 0 Å². The summed E-state index contributed by atoms with van der Waals surface area (Å²) in [6.45, 7) is 4.12. The molecule has 2 heterocycles. The molecule has 0 amide bonds. The minimum absolute atomic E-state index is 1.05. The van der Waals surface area contributed by atoms with E-state index in [4.69, 9.17) is 0 Å². The lowest BCUT2D eigenvalue weighted by Crippen LogP contribution is -1.81. The molecule has 17 heavy (non-hydrogen) atoms. The van der Waals surface area contributed by atoms with Gasteiger partial charge in [0.05, 0.1) is 0 Å². The number of aryl methyl sites for hydroxylation is 2. The Balaban J connectivity index is 2.18. The number of rotatable bonds is 1. The third-order valence-electron chi connectivity index (χ3n) is 2.86. The minimum atomic E-state index is 1.05. The highest BCUT2D eigenvalue weighted by Gasteiger charge is 2.07. The van der Waals surface area contributed by atoms with Crippen LogP contribution in [0.15, 0.2) is 36.7 Å². The van der Waals surface area contributed by atoms with Crippen molar-refractivity contribution in [2.45, 2.75) is 13.8 Å². The number of thiophene rings is 1.